The fraction of sp³-hybridized carbons (Fsp3) is 0.278. The fourth-order valence-electron chi connectivity index (χ4n) is 2.83. The Bertz CT molecular complexity index is 886. The molecule has 1 aromatic heterocycles. The van der Waals surface area contributed by atoms with Gasteiger partial charge in [-0.2, -0.15) is 5.26 Å². The van der Waals surface area contributed by atoms with Gasteiger partial charge < -0.3 is 9.88 Å². The molecule has 0 atom stereocenters. The van der Waals surface area contributed by atoms with Gasteiger partial charge in [0.2, 0.25) is 0 Å². The van der Waals surface area contributed by atoms with Crippen LogP contribution in [0.2, 0.25) is 0 Å². The number of carbonyl (C=O) groups is 1. The number of nitrogens with one attached hydrogen (secondary N) is 1. The van der Waals surface area contributed by atoms with E-state index >= 15 is 0 Å². The van der Waals surface area contributed by atoms with Gasteiger partial charge in [-0.15, -0.1) is 0 Å². The first kappa shape index (κ1) is 15.0. The van der Waals surface area contributed by atoms with Gasteiger partial charge in [0.15, 0.2) is 0 Å². The van der Waals surface area contributed by atoms with E-state index < -0.39 is 5.91 Å². The Morgan fingerprint density at radius 2 is 2.04 bits per heavy atom. The van der Waals surface area contributed by atoms with Gasteiger partial charge in [-0.05, 0) is 56.5 Å². The molecule has 3 rings (SSSR count). The van der Waals surface area contributed by atoms with E-state index in [1.54, 1.807) is 35.8 Å². The number of nitrogens with zero attached hydrogens (tertiary/aromatic N) is 2. The second-order valence-electron chi connectivity index (χ2n) is 5.90. The predicted octanol–water partition coefficient (Wildman–Crippen LogP) is 2.92. The number of aromatic nitrogens is 1. The van der Waals surface area contributed by atoms with Crippen molar-refractivity contribution in [2.45, 2.75) is 32.7 Å². The molecule has 1 N–H and O–H groups in total. The second kappa shape index (κ2) is 5.73. The van der Waals surface area contributed by atoms with Crippen LogP contribution in [0.3, 0.4) is 0 Å². The maximum atomic E-state index is 12.7. The van der Waals surface area contributed by atoms with Crippen molar-refractivity contribution in [1.82, 2.24) is 4.57 Å². The smallest absolute Gasteiger partial charge is 0.264 e. The van der Waals surface area contributed by atoms with Crippen LogP contribution in [0, 0.1) is 25.2 Å². The van der Waals surface area contributed by atoms with Crippen molar-refractivity contribution in [2.24, 2.45) is 0 Å². The third-order valence-electron chi connectivity index (χ3n) is 4.02. The molecule has 1 aliphatic rings. The summed E-state index contributed by atoms with van der Waals surface area (Å²) < 4.78 is 1.72. The van der Waals surface area contributed by atoms with E-state index in [2.05, 4.69) is 5.32 Å². The monoisotopic (exact) mass is 307 g/mol. The first-order valence-electron chi connectivity index (χ1n) is 7.55. The highest BCUT2D eigenvalue weighted by Gasteiger charge is 2.28. The Morgan fingerprint density at radius 3 is 2.70 bits per heavy atom. The van der Waals surface area contributed by atoms with Gasteiger partial charge in [0.25, 0.3) is 11.5 Å². The molecule has 0 bridgehead atoms. The Balaban J connectivity index is 1.98. The number of carbonyl (C=O) groups excluding carboxylic acids is 1. The van der Waals surface area contributed by atoms with Crippen LogP contribution in [0.5, 0.6) is 0 Å². The summed E-state index contributed by atoms with van der Waals surface area (Å²) in [4.78, 5) is 25.3. The predicted molar refractivity (Wildman–Crippen MR) is 87.6 cm³/mol. The minimum Gasteiger partial charge on any atom is -0.322 e. The van der Waals surface area contributed by atoms with Crippen LogP contribution < -0.4 is 10.9 Å². The molecule has 1 fully saturated rings. The normalized spacial score (nSPS) is 13.4. The molecule has 2 aromatic rings. The third-order valence-corrected chi connectivity index (χ3v) is 4.02. The number of benzene rings is 1. The van der Waals surface area contributed by atoms with E-state index in [1.165, 1.54) is 0 Å². The van der Waals surface area contributed by atoms with E-state index in [-0.39, 0.29) is 17.2 Å². The van der Waals surface area contributed by atoms with Crippen molar-refractivity contribution in [2.75, 3.05) is 5.32 Å². The molecule has 116 valence electrons. The highest BCUT2D eigenvalue weighted by Crippen LogP contribution is 2.34. The van der Waals surface area contributed by atoms with Crippen LogP contribution in [-0.4, -0.2) is 10.5 Å². The zero-order chi connectivity index (χ0) is 16.6. The molecule has 0 saturated heterocycles. The molecule has 1 saturated carbocycles. The number of pyridine rings is 1. The zero-order valence-corrected chi connectivity index (χ0v) is 13.1. The maximum Gasteiger partial charge on any atom is 0.264 e. The lowest BCUT2D eigenvalue weighted by Crippen LogP contribution is -2.31. The standard InChI is InChI=1S/C18H17N3O2/c1-11-8-12(2)21(15-6-7-15)18(23)16(11)17(22)20-14-5-3-4-13(9-14)10-19/h3-5,8-9,15H,6-7H2,1-2H3,(H,20,22). The molecule has 0 unspecified atom stereocenters. The molecule has 0 radical (unpaired) electrons. The number of nitriles is 1. The maximum absolute atomic E-state index is 12.7. The molecule has 1 aromatic carbocycles. The van der Waals surface area contributed by atoms with E-state index in [4.69, 9.17) is 5.26 Å². The number of aryl methyl sites for hydroxylation is 2. The quantitative estimate of drug-likeness (QED) is 0.947. The third kappa shape index (κ3) is 2.88. The summed E-state index contributed by atoms with van der Waals surface area (Å²) in [5, 5.41) is 11.6. The largest absolute Gasteiger partial charge is 0.322 e. The van der Waals surface area contributed by atoms with E-state index in [1.807, 2.05) is 19.1 Å². The highest BCUT2D eigenvalue weighted by molar-refractivity contribution is 6.05. The van der Waals surface area contributed by atoms with Crippen LogP contribution in [0.4, 0.5) is 5.69 Å². The van der Waals surface area contributed by atoms with Gasteiger partial charge in [0.1, 0.15) is 5.56 Å². The second-order valence-corrected chi connectivity index (χ2v) is 5.90. The van der Waals surface area contributed by atoms with E-state index in [9.17, 15) is 9.59 Å². The Hall–Kier alpha value is -2.87. The fourth-order valence-corrected chi connectivity index (χ4v) is 2.83. The summed E-state index contributed by atoms with van der Waals surface area (Å²) in [5.74, 6) is -0.433. The molecule has 5 nitrogen and oxygen atoms in total. The van der Waals surface area contributed by atoms with Crippen LogP contribution in [0.15, 0.2) is 35.1 Å². The van der Waals surface area contributed by atoms with Gasteiger partial charge in [0.05, 0.1) is 11.6 Å². The first-order chi connectivity index (χ1) is 11.0. The molecule has 0 spiro atoms. The summed E-state index contributed by atoms with van der Waals surface area (Å²) >= 11 is 0. The van der Waals surface area contributed by atoms with Crippen molar-refractivity contribution in [3.8, 4) is 6.07 Å². The number of anilines is 1. The van der Waals surface area contributed by atoms with Crippen LogP contribution >= 0.6 is 0 Å². The summed E-state index contributed by atoms with van der Waals surface area (Å²) in [5.41, 5.74) is 2.45. The molecular formula is C18H17N3O2. The van der Waals surface area contributed by atoms with Crippen molar-refractivity contribution in [3.63, 3.8) is 0 Å². The van der Waals surface area contributed by atoms with Crippen LogP contribution in [0.25, 0.3) is 0 Å². The van der Waals surface area contributed by atoms with Crippen LogP contribution in [0.1, 0.15) is 46.1 Å². The van der Waals surface area contributed by atoms with Gasteiger partial charge >= 0.3 is 0 Å². The Labute approximate surface area is 134 Å². The minimum absolute atomic E-state index is 0.171. The van der Waals surface area contributed by atoms with Crippen molar-refractivity contribution < 1.29 is 4.79 Å². The minimum atomic E-state index is -0.433. The van der Waals surface area contributed by atoms with Gasteiger partial charge in [0, 0.05) is 17.4 Å². The molecular weight excluding hydrogens is 290 g/mol. The SMILES string of the molecule is Cc1cc(C)n(C2CC2)c(=O)c1C(=O)Nc1cccc(C#N)c1. The topological polar surface area (TPSA) is 74.9 Å². The average molecular weight is 307 g/mol. The molecule has 0 aliphatic heterocycles. The number of rotatable bonds is 3. The lowest BCUT2D eigenvalue weighted by molar-refractivity contribution is 0.102. The van der Waals surface area contributed by atoms with Crippen molar-refractivity contribution >= 4 is 11.6 Å². The van der Waals surface area contributed by atoms with E-state index in [0.717, 1.165) is 18.5 Å². The van der Waals surface area contributed by atoms with Crippen molar-refractivity contribution in [1.29, 1.82) is 5.26 Å². The lowest BCUT2D eigenvalue weighted by Gasteiger charge is -2.14. The van der Waals surface area contributed by atoms with Gasteiger partial charge in [-0.1, -0.05) is 6.07 Å². The summed E-state index contributed by atoms with van der Waals surface area (Å²) in [6.07, 6.45) is 1.96. The summed E-state index contributed by atoms with van der Waals surface area (Å²) in [7, 11) is 0. The highest BCUT2D eigenvalue weighted by atomic mass is 16.2. The zero-order valence-electron chi connectivity index (χ0n) is 13.1. The Kier molecular flexibility index (Phi) is 3.75. The molecule has 23 heavy (non-hydrogen) atoms. The Morgan fingerprint density at radius 1 is 1.30 bits per heavy atom. The van der Waals surface area contributed by atoms with Gasteiger partial charge in [-0.25, -0.2) is 0 Å². The number of hydrogen-bond acceptors (Lipinski definition) is 3. The van der Waals surface area contributed by atoms with E-state index in [0.29, 0.717) is 16.8 Å². The summed E-state index contributed by atoms with van der Waals surface area (Å²) in [6, 6.07) is 10.8. The number of amides is 1. The first-order valence-corrected chi connectivity index (χ1v) is 7.55. The summed E-state index contributed by atoms with van der Waals surface area (Å²) in [6.45, 7) is 3.66. The van der Waals surface area contributed by atoms with Gasteiger partial charge in [-0.3, -0.25) is 9.59 Å². The van der Waals surface area contributed by atoms with Crippen molar-refractivity contribution in [3.05, 3.63) is 63.1 Å². The van der Waals surface area contributed by atoms with Crippen LogP contribution in [-0.2, 0) is 0 Å². The molecule has 1 aliphatic carbocycles. The average Bonchev–Trinajstić information content (AvgIpc) is 3.31. The molecule has 5 heteroatoms. The molecule has 1 heterocycles. The molecule has 1 amide bonds. The number of hydrogen-bond donors (Lipinski definition) is 1. The lowest BCUT2D eigenvalue weighted by atomic mass is 10.1.